The summed E-state index contributed by atoms with van der Waals surface area (Å²) in [6.07, 6.45) is 14.9. The van der Waals surface area contributed by atoms with Gasteiger partial charge in [-0.2, -0.15) is 0 Å². The van der Waals surface area contributed by atoms with Crippen molar-refractivity contribution in [1.29, 1.82) is 0 Å². The van der Waals surface area contributed by atoms with Crippen LogP contribution in [0.25, 0.3) is 0 Å². The van der Waals surface area contributed by atoms with Crippen LogP contribution in [0.2, 0.25) is 0 Å². The lowest BCUT2D eigenvalue weighted by Gasteiger charge is -2.12. The molecule has 0 atom stereocenters. The van der Waals surface area contributed by atoms with Crippen LogP contribution in [-0.4, -0.2) is 11.5 Å². The maximum absolute atomic E-state index is 3.25. The lowest BCUT2D eigenvalue weighted by molar-refractivity contribution is 1.08. The predicted molar refractivity (Wildman–Crippen MR) is 74.9 cm³/mol. The van der Waals surface area contributed by atoms with Gasteiger partial charge in [-0.15, -0.1) is 23.5 Å². The molecule has 0 fully saturated rings. The molecule has 4 heteroatoms. The molecule has 0 radical (unpaired) electrons. The van der Waals surface area contributed by atoms with Crippen molar-refractivity contribution in [3.05, 3.63) is 46.8 Å². The second-order valence-corrected chi connectivity index (χ2v) is 5.67. The fraction of sp³-hybridized carbons (Fsp3) is 0.333. The smallest absolute Gasteiger partial charge is 0.0683 e. The van der Waals surface area contributed by atoms with E-state index in [2.05, 4.69) is 34.9 Å². The van der Waals surface area contributed by atoms with E-state index >= 15 is 0 Å². The molecular formula is C12H16N2S2. The SMILES string of the molecule is C1=CNC(SCCSC2=CCC=CN2)=CC1. The van der Waals surface area contributed by atoms with Crippen molar-refractivity contribution >= 4 is 23.5 Å². The third-order valence-electron chi connectivity index (χ3n) is 2.16. The zero-order valence-electron chi connectivity index (χ0n) is 9.11. The van der Waals surface area contributed by atoms with Gasteiger partial charge in [0, 0.05) is 11.5 Å². The van der Waals surface area contributed by atoms with Crippen LogP contribution in [0.1, 0.15) is 12.8 Å². The first kappa shape index (κ1) is 11.7. The molecule has 0 saturated carbocycles. The van der Waals surface area contributed by atoms with Crippen LogP contribution in [0.3, 0.4) is 0 Å². The molecule has 86 valence electrons. The fourth-order valence-corrected chi connectivity index (χ4v) is 3.23. The molecule has 0 saturated heterocycles. The van der Waals surface area contributed by atoms with E-state index in [1.54, 1.807) is 0 Å². The molecule has 2 aliphatic rings. The Kier molecular flexibility index (Phi) is 4.96. The second kappa shape index (κ2) is 6.76. The molecule has 2 heterocycles. The molecule has 0 amide bonds. The summed E-state index contributed by atoms with van der Waals surface area (Å²) in [6, 6.07) is 0. The number of hydrogen-bond donors (Lipinski definition) is 2. The van der Waals surface area contributed by atoms with Crippen molar-refractivity contribution in [3.63, 3.8) is 0 Å². The van der Waals surface area contributed by atoms with Crippen molar-refractivity contribution in [2.75, 3.05) is 11.5 Å². The molecule has 0 aromatic rings. The number of rotatable bonds is 5. The van der Waals surface area contributed by atoms with E-state index in [-0.39, 0.29) is 0 Å². The van der Waals surface area contributed by atoms with Gasteiger partial charge in [0.05, 0.1) is 10.1 Å². The average Bonchev–Trinajstić information content (AvgIpc) is 2.37. The molecule has 2 N–H and O–H groups in total. The third-order valence-corrected chi connectivity index (χ3v) is 4.43. The number of dihydropyridines is 2. The van der Waals surface area contributed by atoms with Gasteiger partial charge >= 0.3 is 0 Å². The Morgan fingerprint density at radius 3 is 1.75 bits per heavy atom. The van der Waals surface area contributed by atoms with E-state index in [1.165, 1.54) is 10.1 Å². The van der Waals surface area contributed by atoms with Crippen molar-refractivity contribution < 1.29 is 0 Å². The second-order valence-electron chi connectivity index (χ2n) is 3.40. The maximum Gasteiger partial charge on any atom is 0.0683 e. The summed E-state index contributed by atoms with van der Waals surface area (Å²) in [7, 11) is 0. The Morgan fingerprint density at radius 2 is 1.38 bits per heavy atom. The summed E-state index contributed by atoms with van der Waals surface area (Å²) in [5.41, 5.74) is 0. The monoisotopic (exact) mass is 252 g/mol. The lowest BCUT2D eigenvalue weighted by Crippen LogP contribution is -2.07. The molecule has 0 aromatic carbocycles. The topological polar surface area (TPSA) is 24.1 Å². The predicted octanol–water partition coefficient (Wildman–Crippen LogP) is 3.15. The number of nitrogens with one attached hydrogen (secondary N) is 2. The Labute approximate surface area is 105 Å². The van der Waals surface area contributed by atoms with Crippen LogP contribution in [-0.2, 0) is 0 Å². The van der Waals surface area contributed by atoms with Crippen LogP contribution < -0.4 is 10.6 Å². The van der Waals surface area contributed by atoms with Crippen molar-refractivity contribution in [1.82, 2.24) is 10.6 Å². The van der Waals surface area contributed by atoms with Crippen LogP contribution in [0.5, 0.6) is 0 Å². The molecule has 0 bridgehead atoms. The minimum atomic E-state index is 1.06. The van der Waals surface area contributed by atoms with Gasteiger partial charge in [0.25, 0.3) is 0 Å². The van der Waals surface area contributed by atoms with E-state index in [0.717, 1.165) is 24.3 Å². The number of thioether (sulfide) groups is 2. The van der Waals surface area contributed by atoms with Gasteiger partial charge in [0.15, 0.2) is 0 Å². The number of hydrogen-bond acceptors (Lipinski definition) is 4. The normalized spacial score (nSPS) is 18.5. The van der Waals surface area contributed by atoms with Gasteiger partial charge in [0.1, 0.15) is 0 Å². The minimum Gasteiger partial charge on any atom is -0.357 e. The highest BCUT2D eigenvalue weighted by atomic mass is 32.2. The zero-order chi connectivity index (χ0) is 11.1. The summed E-state index contributed by atoms with van der Waals surface area (Å²) >= 11 is 3.78. The standard InChI is InChI=1S/C12H16N2S2/c1-3-7-13-11(5-1)15-9-10-16-12-6-2-4-8-14-12/h3-8,13-14H,1-2,9-10H2. The molecule has 0 unspecified atom stereocenters. The molecule has 2 rings (SSSR count). The Bertz CT molecular complexity index is 309. The summed E-state index contributed by atoms with van der Waals surface area (Å²) in [5.74, 6) is 2.28. The van der Waals surface area contributed by atoms with Gasteiger partial charge in [-0.3, -0.25) is 0 Å². The van der Waals surface area contributed by atoms with Crippen LogP contribution in [0.15, 0.2) is 46.8 Å². The molecular weight excluding hydrogens is 236 g/mol. The van der Waals surface area contributed by atoms with Crippen molar-refractivity contribution in [2.45, 2.75) is 12.8 Å². The molecule has 0 aromatic heterocycles. The lowest BCUT2D eigenvalue weighted by atomic mass is 10.3. The first-order valence-electron chi connectivity index (χ1n) is 5.44. The van der Waals surface area contributed by atoms with Gasteiger partial charge in [-0.05, 0) is 25.2 Å². The summed E-state index contributed by atoms with van der Waals surface area (Å²) < 4.78 is 0. The third kappa shape index (κ3) is 4.02. The van der Waals surface area contributed by atoms with Gasteiger partial charge < -0.3 is 10.6 Å². The van der Waals surface area contributed by atoms with Crippen LogP contribution >= 0.6 is 23.5 Å². The maximum atomic E-state index is 3.25. The van der Waals surface area contributed by atoms with E-state index in [1.807, 2.05) is 35.9 Å². The van der Waals surface area contributed by atoms with Crippen LogP contribution in [0.4, 0.5) is 0 Å². The summed E-state index contributed by atoms with van der Waals surface area (Å²) in [5, 5.41) is 9.07. The highest BCUT2D eigenvalue weighted by Gasteiger charge is 2.01. The minimum absolute atomic E-state index is 1.06. The molecule has 0 spiro atoms. The Balaban J connectivity index is 1.58. The Hall–Kier alpha value is -0.740. The van der Waals surface area contributed by atoms with E-state index in [4.69, 9.17) is 0 Å². The highest BCUT2D eigenvalue weighted by molar-refractivity contribution is 8.06. The van der Waals surface area contributed by atoms with Crippen molar-refractivity contribution in [2.24, 2.45) is 0 Å². The molecule has 2 nitrogen and oxygen atoms in total. The zero-order valence-corrected chi connectivity index (χ0v) is 10.7. The van der Waals surface area contributed by atoms with Crippen LogP contribution in [0, 0.1) is 0 Å². The average molecular weight is 252 g/mol. The van der Waals surface area contributed by atoms with Gasteiger partial charge in [-0.25, -0.2) is 0 Å². The largest absolute Gasteiger partial charge is 0.357 e. The summed E-state index contributed by atoms with van der Waals surface area (Å²) in [6.45, 7) is 0. The Morgan fingerprint density at radius 1 is 0.875 bits per heavy atom. The van der Waals surface area contributed by atoms with E-state index < -0.39 is 0 Å². The first-order valence-corrected chi connectivity index (χ1v) is 7.41. The fourth-order valence-electron chi connectivity index (χ4n) is 1.39. The van der Waals surface area contributed by atoms with E-state index in [0.29, 0.717) is 0 Å². The molecule has 0 aliphatic carbocycles. The summed E-state index contributed by atoms with van der Waals surface area (Å²) in [4.78, 5) is 0. The van der Waals surface area contributed by atoms with Crippen molar-refractivity contribution in [3.8, 4) is 0 Å². The molecule has 2 aliphatic heterocycles. The highest BCUT2D eigenvalue weighted by Crippen LogP contribution is 2.21. The quantitative estimate of drug-likeness (QED) is 0.734. The van der Waals surface area contributed by atoms with Gasteiger partial charge in [-0.1, -0.05) is 24.3 Å². The first-order chi connectivity index (χ1) is 7.95. The molecule has 16 heavy (non-hydrogen) atoms. The number of allylic oxidation sites excluding steroid dienone is 4. The van der Waals surface area contributed by atoms with E-state index in [9.17, 15) is 0 Å². The van der Waals surface area contributed by atoms with Gasteiger partial charge in [0.2, 0.25) is 0 Å².